The predicted molar refractivity (Wildman–Crippen MR) is 81.7 cm³/mol. The summed E-state index contributed by atoms with van der Waals surface area (Å²) >= 11 is 2.08. The van der Waals surface area contributed by atoms with Gasteiger partial charge in [0.2, 0.25) is 0 Å². The van der Waals surface area contributed by atoms with Gasteiger partial charge in [0.25, 0.3) is 0 Å². The maximum absolute atomic E-state index is 6.60. The summed E-state index contributed by atoms with van der Waals surface area (Å²) in [5.41, 5.74) is 0.193. The fraction of sp³-hybridized carbons (Fsp3) is 1.00. The molecule has 0 aromatic rings. The number of hydrogen-bond donors (Lipinski definition) is 0. The summed E-state index contributed by atoms with van der Waals surface area (Å²) in [5.74, 6) is 2.54. The van der Waals surface area contributed by atoms with Gasteiger partial charge in [-0.2, -0.15) is 0 Å². The number of nitrogens with zero attached hydrogens (tertiary/aromatic N) is 2. The molecule has 1 aliphatic carbocycles. The molecule has 19 heavy (non-hydrogen) atoms. The second-order valence-electron chi connectivity index (χ2n) is 6.65. The molecule has 0 bridgehead atoms. The van der Waals surface area contributed by atoms with Gasteiger partial charge in [0, 0.05) is 25.5 Å². The van der Waals surface area contributed by atoms with Crippen LogP contribution in [0.3, 0.4) is 0 Å². The third-order valence-electron chi connectivity index (χ3n) is 4.75. The number of morpholine rings is 1. The van der Waals surface area contributed by atoms with Crippen LogP contribution in [-0.4, -0.2) is 66.4 Å². The third-order valence-corrected chi connectivity index (χ3v) is 5.88. The second kappa shape index (κ2) is 6.33. The van der Waals surface area contributed by atoms with E-state index in [2.05, 4.69) is 28.6 Å². The molecule has 1 atom stereocenters. The Labute approximate surface area is 122 Å². The van der Waals surface area contributed by atoms with E-state index >= 15 is 0 Å². The van der Waals surface area contributed by atoms with E-state index in [0.717, 1.165) is 19.6 Å². The fourth-order valence-electron chi connectivity index (χ4n) is 3.98. The van der Waals surface area contributed by atoms with Crippen LogP contribution in [-0.2, 0) is 4.74 Å². The van der Waals surface area contributed by atoms with Gasteiger partial charge in [0.1, 0.15) is 0 Å². The van der Waals surface area contributed by atoms with E-state index in [1.165, 1.54) is 56.7 Å². The molecule has 2 saturated heterocycles. The fourth-order valence-corrected chi connectivity index (χ4v) is 4.93. The second-order valence-corrected chi connectivity index (χ2v) is 7.72. The van der Waals surface area contributed by atoms with Crippen LogP contribution in [0.5, 0.6) is 0 Å². The van der Waals surface area contributed by atoms with E-state index < -0.39 is 0 Å². The summed E-state index contributed by atoms with van der Waals surface area (Å²) in [4.78, 5) is 5.10. The number of thioether (sulfide) groups is 1. The summed E-state index contributed by atoms with van der Waals surface area (Å²) in [6.07, 6.45) is 8.46. The Kier molecular flexibility index (Phi) is 4.73. The molecule has 3 aliphatic rings. The standard InChI is InChI=1S/C15H28N2OS/c1-16-10-14(11-17-8-5-9-19-13-17)18-15(12-16)6-3-2-4-7-15/h14H,2-13H2,1H3. The van der Waals surface area contributed by atoms with Crippen LogP contribution in [0.2, 0.25) is 0 Å². The highest BCUT2D eigenvalue weighted by Gasteiger charge is 2.40. The summed E-state index contributed by atoms with van der Waals surface area (Å²) in [5, 5.41) is 0. The van der Waals surface area contributed by atoms with Gasteiger partial charge in [-0.3, -0.25) is 4.90 Å². The first-order chi connectivity index (χ1) is 9.26. The lowest BCUT2D eigenvalue weighted by atomic mass is 9.83. The first kappa shape index (κ1) is 14.2. The van der Waals surface area contributed by atoms with Crippen LogP contribution in [0.1, 0.15) is 38.5 Å². The van der Waals surface area contributed by atoms with Crippen LogP contribution in [0.15, 0.2) is 0 Å². The van der Waals surface area contributed by atoms with Gasteiger partial charge in [0.15, 0.2) is 0 Å². The third kappa shape index (κ3) is 3.66. The zero-order valence-corrected chi connectivity index (χ0v) is 13.1. The van der Waals surface area contributed by atoms with E-state index in [1.54, 1.807) is 0 Å². The van der Waals surface area contributed by atoms with Gasteiger partial charge in [-0.1, -0.05) is 19.3 Å². The van der Waals surface area contributed by atoms with Crippen molar-refractivity contribution in [3.8, 4) is 0 Å². The molecule has 2 aliphatic heterocycles. The smallest absolute Gasteiger partial charge is 0.0837 e. The molecule has 2 heterocycles. The van der Waals surface area contributed by atoms with Crippen molar-refractivity contribution in [2.75, 3.05) is 44.9 Å². The number of rotatable bonds is 2. The van der Waals surface area contributed by atoms with Crippen molar-refractivity contribution in [3.63, 3.8) is 0 Å². The lowest BCUT2D eigenvalue weighted by molar-refractivity contribution is -0.169. The molecule has 3 nitrogen and oxygen atoms in total. The molecule has 0 aromatic carbocycles. The Balaban J connectivity index is 1.58. The molecule has 0 radical (unpaired) electrons. The summed E-state index contributed by atoms with van der Waals surface area (Å²) < 4.78 is 6.60. The average molecular weight is 284 g/mol. The molecule has 1 spiro atoms. The molecular formula is C15H28N2OS. The van der Waals surface area contributed by atoms with Crippen molar-refractivity contribution in [1.82, 2.24) is 9.80 Å². The van der Waals surface area contributed by atoms with E-state index in [-0.39, 0.29) is 5.60 Å². The molecule has 0 amide bonds. The van der Waals surface area contributed by atoms with Crippen molar-refractivity contribution in [3.05, 3.63) is 0 Å². The molecule has 1 saturated carbocycles. The lowest BCUT2D eigenvalue weighted by Crippen LogP contribution is -2.57. The van der Waals surface area contributed by atoms with Gasteiger partial charge >= 0.3 is 0 Å². The average Bonchev–Trinajstić information content (AvgIpc) is 2.39. The van der Waals surface area contributed by atoms with Crippen molar-refractivity contribution in [2.45, 2.75) is 50.2 Å². The van der Waals surface area contributed by atoms with E-state index in [4.69, 9.17) is 4.74 Å². The number of hydrogen-bond acceptors (Lipinski definition) is 4. The zero-order valence-electron chi connectivity index (χ0n) is 12.3. The largest absolute Gasteiger partial charge is 0.368 e. The Morgan fingerprint density at radius 2 is 2.05 bits per heavy atom. The van der Waals surface area contributed by atoms with Gasteiger partial charge in [-0.25, -0.2) is 0 Å². The van der Waals surface area contributed by atoms with Gasteiger partial charge in [0.05, 0.1) is 11.7 Å². The molecule has 0 N–H and O–H groups in total. The van der Waals surface area contributed by atoms with Crippen molar-refractivity contribution in [1.29, 1.82) is 0 Å². The highest BCUT2D eigenvalue weighted by atomic mass is 32.2. The van der Waals surface area contributed by atoms with Crippen LogP contribution in [0.4, 0.5) is 0 Å². The minimum Gasteiger partial charge on any atom is -0.368 e. The first-order valence-electron chi connectivity index (χ1n) is 7.92. The van der Waals surface area contributed by atoms with Crippen LogP contribution in [0, 0.1) is 0 Å². The molecular weight excluding hydrogens is 256 g/mol. The van der Waals surface area contributed by atoms with E-state index in [1.807, 2.05) is 0 Å². The van der Waals surface area contributed by atoms with Gasteiger partial charge in [-0.05, 0) is 38.6 Å². The molecule has 0 aromatic heterocycles. The van der Waals surface area contributed by atoms with E-state index in [0.29, 0.717) is 6.10 Å². The summed E-state index contributed by atoms with van der Waals surface area (Å²) in [7, 11) is 2.27. The highest BCUT2D eigenvalue weighted by Crippen LogP contribution is 2.36. The van der Waals surface area contributed by atoms with Crippen molar-refractivity contribution in [2.24, 2.45) is 0 Å². The van der Waals surface area contributed by atoms with Crippen molar-refractivity contribution >= 4 is 11.8 Å². The van der Waals surface area contributed by atoms with Crippen LogP contribution in [0.25, 0.3) is 0 Å². The normalized spacial score (nSPS) is 33.6. The molecule has 4 heteroatoms. The Bertz CT molecular complexity index is 288. The van der Waals surface area contributed by atoms with Gasteiger partial charge in [-0.15, -0.1) is 11.8 Å². The minimum absolute atomic E-state index is 0.193. The lowest BCUT2D eigenvalue weighted by Gasteiger charge is -2.48. The molecule has 1 unspecified atom stereocenters. The molecule has 3 fully saturated rings. The molecule has 110 valence electrons. The predicted octanol–water partition coefficient (Wildman–Crippen LogP) is 2.42. The summed E-state index contributed by atoms with van der Waals surface area (Å²) in [6.45, 7) is 4.67. The Hall–Kier alpha value is 0.230. The van der Waals surface area contributed by atoms with E-state index in [9.17, 15) is 0 Å². The number of ether oxygens (including phenoxy) is 1. The maximum atomic E-state index is 6.60. The Morgan fingerprint density at radius 3 is 2.79 bits per heavy atom. The first-order valence-corrected chi connectivity index (χ1v) is 9.08. The maximum Gasteiger partial charge on any atom is 0.0837 e. The Morgan fingerprint density at radius 1 is 1.21 bits per heavy atom. The SMILES string of the molecule is CN1CC(CN2CCCSC2)OC2(CCCCC2)C1. The van der Waals surface area contributed by atoms with Gasteiger partial charge < -0.3 is 9.64 Å². The highest BCUT2D eigenvalue weighted by molar-refractivity contribution is 7.99. The quantitative estimate of drug-likeness (QED) is 0.773. The number of likely N-dealkylation sites (N-methyl/N-ethyl adjacent to an activating group) is 1. The topological polar surface area (TPSA) is 15.7 Å². The van der Waals surface area contributed by atoms with Crippen LogP contribution < -0.4 is 0 Å². The zero-order chi connectivity index (χ0) is 13.1. The summed E-state index contributed by atoms with van der Waals surface area (Å²) in [6, 6.07) is 0. The van der Waals surface area contributed by atoms with Crippen LogP contribution >= 0.6 is 11.8 Å². The monoisotopic (exact) mass is 284 g/mol. The molecule has 3 rings (SSSR count). The van der Waals surface area contributed by atoms with Crippen molar-refractivity contribution < 1.29 is 4.74 Å². The minimum atomic E-state index is 0.193.